The van der Waals surface area contributed by atoms with Crippen molar-refractivity contribution < 1.29 is 8.42 Å². The lowest BCUT2D eigenvalue weighted by atomic mass is 9.94. The Bertz CT molecular complexity index is 517. The zero-order valence-corrected chi connectivity index (χ0v) is 9.57. The molecule has 0 aromatic carbocycles. The van der Waals surface area contributed by atoms with Crippen molar-refractivity contribution in [3.63, 3.8) is 0 Å². The number of hydrogen-bond donors (Lipinski definition) is 0. The van der Waals surface area contributed by atoms with Gasteiger partial charge in [0, 0.05) is 6.20 Å². The molecule has 2 heterocycles. The molecule has 0 radical (unpaired) electrons. The van der Waals surface area contributed by atoms with Gasteiger partial charge in [-0.1, -0.05) is 0 Å². The first-order valence-electron chi connectivity index (χ1n) is 5.17. The zero-order valence-electron chi connectivity index (χ0n) is 8.76. The monoisotopic (exact) mass is 236 g/mol. The zero-order chi connectivity index (χ0) is 11.6. The predicted molar refractivity (Wildman–Crippen MR) is 59.6 cm³/mol. The third-order valence-corrected chi connectivity index (χ3v) is 4.64. The minimum Gasteiger partial charge on any atom is -0.246 e. The highest BCUT2D eigenvalue weighted by atomic mass is 32.2. The lowest BCUT2D eigenvalue weighted by molar-refractivity contribution is 0.550. The van der Waals surface area contributed by atoms with Crippen molar-refractivity contribution in [3.8, 4) is 6.07 Å². The van der Waals surface area contributed by atoms with Crippen molar-refractivity contribution in [2.75, 3.05) is 11.5 Å². The second-order valence-electron chi connectivity index (χ2n) is 4.01. The van der Waals surface area contributed by atoms with E-state index in [0.29, 0.717) is 18.5 Å². The van der Waals surface area contributed by atoms with E-state index >= 15 is 0 Å². The van der Waals surface area contributed by atoms with E-state index in [2.05, 4.69) is 4.98 Å². The van der Waals surface area contributed by atoms with Crippen molar-refractivity contribution in [2.45, 2.75) is 18.8 Å². The molecular weight excluding hydrogens is 224 g/mol. The summed E-state index contributed by atoms with van der Waals surface area (Å²) in [6.45, 7) is 0. The molecule has 0 N–H and O–H groups in total. The summed E-state index contributed by atoms with van der Waals surface area (Å²) < 4.78 is 22.6. The Hall–Kier alpha value is -1.41. The fraction of sp³-hybridized carbons (Fsp3) is 0.455. The van der Waals surface area contributed by atoms with Gasteiger partial charge in [-0.15, -0.1) is 0 Å². The molecule has 84 valence electrons. The first kappa shape index (κ1) is 11.1. The molecule has 1 aliphatic rings. The van der Waals surface area contributed by atoms with Gasteiger partial charge in [-0.3, -0.25) is 0 Å². The van der Waals surface area contributed by atoms with Gasteiger partial charge in [-0.2, -0.15) is 5.26 Å². The highest BCUT2D eigenvalue weighted by molar-refractivity contribution is 7.91. The predicted octanol–water partition coefficient (Wildman–Crippen LogP) is 1.25. The maximum Gasteiger partial charge on any atom is 0.150 e. The van der Waals surface area contributed by atoms with Gasteiger partial charge in [-0.25, -0.2) is 13.4 Å². The maximum absolute atomic E-state index is 11.3. The quantitative estimate of drug-likeness (QED) is 0.735. The molecule has 5 heteroatoms. The average Bonchev–Trinajstić information content (AvgIpc) is 2.29. The first-order valence-corrected chi connectivity index (χ1v) is 6.99. The highest BCUT2D eigenvalue weighted by Gasteiger charge is 2.24. The molecule has 0 spiro atoms. The van der Waals surface area contributed by atoms with Crippen LogP contribution >= 0.6 is 0 Å². The van der Waals surface area contributed by atoms with Gasteiger partial charge in [0.25, 0.3) is 0 Å². The lowest BCUT2D eigenvalue weighted by Gasteiger charge is -2.22. The minimum atomic E-state index is -2.82. The largest absolute Gasteiger partial charge is 0.246 e. The van der Waals surface area contributed by atoms with Crippen LogP contribution in [0.4, 0.5) is 0 Å². The van der Waals surface area contributed by atoms with Crippen LogP contribution < -0.4 is 0 Å². The van der Waals surface area contributed by atoms with E-state index in [4.69, 9.17) is 5.26 Å². The van der Waals surface area contributed by atoms with Crippen LogP contribution in [0.1, 0.15) is 30.0 Å². The number of hydrogen-bond acceptors (Lipinski definition) is 4. The summed E-state index contributed by atoms with van der Waals surface area (Å²) in [5.41, 5.74) is 1.42. The molecule has 1 aromatic heterocycles. The molecule has 0 aliphatic carbocycles. The molecular formula is C11H12N2O2S. The van der Waals surface area contributed by atoms with E-state index < -0.39 is 9.84 Å². The number of nitriles is 1. The van der Waals surface area contributed by atoms with Gasteiger partial charge in [0.1, 0.15) is 21.6 Å². The van der Waals surface area contributed by atoms with Gasteiger partial charge in [0.05, 0.1) is 11.5 Å². The second-order valence-corrected chi connectivity index (χ2v) is 6.32. The van der Waals surface area contributed by atoms with E-state index in [1.807, 2.05) is 12.1 Å². The van der Waals surface area contributed by atoms with E-state index in [1.54, 1.807) is 12.3 Å². The van der Waals surface area contributed by atoms with Gasteiger partial charge < -0.3 is 0 Å². The fourth-order valence-electron chi connectivity index (χ4n) is 1.99. The molecule has 16 heavy (non-hydrogen) atoms. The Kier molecular flexibility index (Phi) is 2.92. The summed E-state index contributed by atoms with van der Waals surface area (Å²) >= 11 is 0. The normalized spacial score (nSPS) is 20.2. The van der Waals surface area contributed by atoms with Crippen molar-refractivity contribution in [1.82, 2.24) is 4.98 Å². The molecule has 1 aromatic rings. The number of pyridine rings is 1. The summed E-state index contributed by atoms with van der Waals surface area (Å²) in [6, 6.07) is 5.61. The van der Waals surface area contributed by atoms with E-state index in [9.17, 15) is 8.42 Å². The van der Waals surface area contributed by atoms with Crippen molar-refractivity contribution in [3.05, 3.63) is 29.6 Å². The van der Waals surface area contributed by atoms with Crippen molar-refractivity contribution >= 4 is 9.84 Å². The van der Waals surface area contributed by atoms with E-state index in [1.165, 1.54) is 0 Å². The Morgan fingerprint density at radius 1 is 1.38 bits per heavy atom. The average molecular weight is 236 g/mol. The van der Waals surface area contributed by atoms with Crippen LogP contribution in [0, 0.1) is 11.3 Å². The van der Waals surface area contributed by atoms with Crippen molar-refractivity contribution in [2.24, 2.45) is 0 Å². The molecule has 1 aliphatic heterocycles. The lowest BCUT2D eigenvalue weighted by Crippen LogP contribution is -2.22. The van der Waals surface area contributed by atoms with Gasteiger partial charge >= 0.3 is 0 Å². The Labute approximate surface area is 94.9 Å². The Balaban J connectivity index is 2.17. The third-order valence-electron chi connectivity index (χ3n) is 2.92. The summed E-state index contributed by atoms with van der Waals surface area (Å²) in [7, 11) is -2.82. The Morgan fingerprint density at radius 3 is 2.69 bits per heavy atom. The molecule has 0 bridgehead atoms. The van der Waals surface area contributed by atoms with E-state index in [0.717, 1.165) is 5.56 Å². The number of aromatic nitrogens is 1. The molecule has 0 atom stereocenters. The summed E-state index contributed by atoms with van der Waals surface area (Å²) in [5, 5.41) is 8.74. The summed E-state index contributed by atoms with van der Waals surface area (Å²) in [6.07, 6.45) is 2.91. The maximum atomic E-state index is 11.3. The van der Waals surface area contributed by atoms with Crippen LogP contribution in [-0.4, -0.2) is 24.9 Å². The third kappa shape index (κ3) is 2.39. The van der Waals surface area contributed by atoms with Crippen LogP contribution in [0.5, 0.6) is 0 Å². The SMILES string of the molecule is N#Cc1cc(C2CCS(=O)(=O)CC2)ccn1. The molecule has 1 fully saturated rings. The van der Waals surface area contributed by atoms with Crippen LogP contribution in [0.15, 0.2) is 18.3 Å². The molecule has 0 amide bonds. The van der Waals surface area contributed by atoms with E-state index in [-0.39, 0.29) is 17.4 Å². The second kappa shape index (κ2) is 4.22. The summed E-state index contributed by atoms with van der Waals surface area (Å²) in [5.74, 6) is 0.752. The van der Waals surface area contributed by atoms with Gasteiger partial charge in [-0.05, 0) is 36.5 Å². The first-order chi connectivity index (χ1) is 7.61. The van der Waals surface area contributed by atoms with Gasteiger partial charge in [0.15, 0.2) is 0 Å². The van der Waals surface area contributed by atoms with Crippen LogP contribution in [0.3, 0.4) is 0 Å². The molecule has 4 nitrogen and oxygen atoms in total. The molecule has 2 rings (SSSR count). The van der Waals surface area contributed by atoms with Crippen LogP contribution in [0.2, 0.25) is 0 Å². The molecule has 0 unspecified atom stereocenters. The smallest absolute Gasteiger partial charge is 0.150 e. The molecule has 1 saturated heterocycles. The minimum absolute atomic E-state index is 0.249. The molecule has 0 saturated carbocycles. The van der Waals surface area contributed by atoms with Crippen molar-refractivity contribution in [1.29, 1.82) is 5.26 Å². The number of sulfone groups is 1. The Morgan fingerprint density at radius 2 is 2.06 bits per heavy atom. The van der Waals surface area contributed by atoms with Gasteiger partial charge in [0.2, 0.25) is 0 Å². The van der Waals surface area contributed by atoms with Crippen LogP contribution in [-0.2, 0) is 9.84 Å². The topological polar surface area (TPSA) is 70.8 Å². The highest BCUT2D eigenvalue weighted by Crippen LogP contribution is 2.28. The number of nitrogens with zero attached hydrogens (tertiary/aromatic N) is 2. The van der Waals surface area contributed by atoms with Crippen LogP contribution in [0.25, 0.3) is 0 Å². The summed E-state index contributed by atoms with van der Waals surface area (Å²) in [4.78, 5) is 3.90. The fourth-order valence-corrected chi connectivity index (χ4v) is 3.48. The standard InChI is InChI=1S/C11H12N2O2S/c12-8-11-7-10(1-4-13-11)9-2-5-16(14,15)6-3-9/h1,4,7,9H,2-3,5-6H2. The number of rotatable bonds is 1.